The second-order valence-electron chi connectivity index (χ2n) is 5.86. The Balaban J connectivity index is 0.00000162. The Morgan fingerprint density at radius 1 is 1.44 bits per heavy atom. The van der Waals surface area contributed by atoms with Gasteiger partial charge in [0.15, 0.2) is 0 Å². The van der Waals surface area contributed by atoms with E-state index in [2.05, 4.69) is 5.32 Å². The summed E-state index contributed by atoms with van der Waals surface area (Å²) in [6, 6.07) is 0. The number of hydrogen-bond acceptors (Lipinski definition) is 4. The van der Waals surface area contributed by atoms with Crippen LogP contribution in [-0.4, -0.2) is 55.0 Å². The molecule has 18 heavy (non-hydrogen) atoms. The number of ether oxygens (including phenoxy) is 2. The van der Waals surface area contributed by atoms with E-state index in [1.807, 2.05) is 20.8 Å². The predicted molar refractivity (Wildman–Crippen MR) is 71.2 cm³/mol. The standard InChI is InChI=1S/C12H22N2O3.ClH/c1-11(2,3)17-10(15)14-6-4-12(9-14)8-13-5-7-16-12;/h13H,4-9H2,1-3H3;1H. The normalized spacial score (nSPS) is 28.1. The summed E-state index contributed by atoms with van der Waals surface area (Å²) in [5.74, 6) is 0. The van der Waals surface area contributed by atoms with E-state index in [0.29, 0.717) is 6.54 Å². The van der Waals surface area contributed by atoms with Gasteiger partial charge in [0.2, 0.25) is 0 Å². The van der Waals surface area contributed by atoms with Gasteiger partial charge in [0.25, 0.3) is 0 Å². The number of halogens is 1. The lowest BCUT2D eigenvalue weighted by atomic mass is 10.0. The molecular weight excluding hydrogens is 256 g/mol. The van der Waals surface area contributed by atoms with Gasteiger partial charge in [0.05, 0.1) is 18.8 Å². The van der Waals surface area contributed by atoms with Crippen molar-refractivity contribution >= 4 is 18.5 Å². The monoisotopic (exact) mass is 278 g/mol. The van der Waals surface area contributed by atoms with Crippen LogP contribution in [0.15, 0.2) is 0 Å². The number of likely N-dealkylation sites (tertiary alicyclic amines) is 1. The first kappa shape index (κ1) is 15.5. The summed E-state index contributed by atoms with van der Waals surface area (Å²) in [4.78, 5) is 13.7. The fraction of sp³-hybridized carbons (Fsp3) is 0.917. The minimum absolute atomic E-state index is 0. The third kappa shape index (κ3) is 3.73. The van der Waals surface area contributed by atoms with Crippen LogP contribution in [0.5, 0.6) is 0 Å². The van der Waals surface area contributed by atoms with Gasteiger partial charge in [-0.2, -0.15) is 0 Å². The van der Waals surface area contributed by atoms with Crippen LogP contribution in [-0.2, 0) is 9.47 Å². The molecule has 2 aliphatic rings. The Morgan fingerprint density at radius 2 is 2.17 bits per heavy atom. The molecule has 2 aliphatic heterocycles. The number of hydrogen-bond donors (Lipinski definition) is 1. The van der Waals surface area contributed by atoms with E-state index in [0.717, 1.165) is 32.7 Å². The van der Waals surface area contributed by atoms with Crippen molar-refractivity contribution in [3.8, 4) is 0 Å². The Labute approximate surface area is 115 Å². The molecule has 0 radical (unpaired) electrons. The molecule has 0 aromatic heterocycles. The Hall–Kier alpha value is -0.520. The average Bonchev–Trinajstić information content (AvgIpc) is 2.61. The number of morpholine rings is 1. The highest BCUT2D eigenvalue weighted by Crippen LogP contribution is 2.27. The Kier molecular flexibility index (Phi) is 4.86. The first-order chi connectivity index (χ1) is 7.90. The van der Waals surface area contributed by atoms with Gasteiger partial charge < -0.3 is 19.7 Å². The second kappa shape index (κ2) is 5.63. The quantitative estimate of drug-likeness (QED) is 0.728. The third-order valence-electron chi connectivity index (χ3n) is 3.10. The molecule has 1 amide bonds. The van der Waals surface area contributed by atoms with Crippen molar-refractivity contribution in [3.05, 3.63) is 0 Å². The number of nitrogens with one attached hydrogen (secondary N) is 1. The van der Waals surface area contributed by atoms with Crippen molar-refractivity contribution in [1.82, 2.24) is 10.2 Å². The first-order valence-corrected chi connectivity index (χ1v) is 6.23. The molecule has 5 nitrogen and oxygen atoms in total. The maximum Gasteiger partial charge on any atom is 0.410 e. The smallest absolute Gasteiger partial charge is 0.410 e. The highest BCUT2D eigenvalue weighted by molar-refractivity contribution is 5.85. The van der Waals surface area contributed by atoms with E-state index in [1.54, 1.807) is 4.90 Å². The molecular formula is C12H23ClN2O3. The second-order valence-corrected chi connectivity index (χ2v) is 5.86. The van der Waals surface area contributed by atoms with Gasteiger partial charge in [0.1, 0.15) is 5.60 Å². The molecule has 0 aromatic carbocycles. The molecule has 1 unspecified atom stereocenters. The summed E-state index contributed by atoms with van der Waals surface area (Å²) in [5, 5.41) is 3.32. The molecule has 0 aromatic rings. The lowest BCUT2D eigenvalue weighted by molar-refractivity contribution is -0.0584. The lowest BCUT2D eigenvalue weighted by Crippen LogP contribution is -2.52. The van der Waals surface area contributed by atoms with Gasteiger partial charge in [-0.15, -0.1) is 12.4 Å². The largest absolute Gasteiger partial charge is 0.444 e. The van der Waals surface area contributed by atoms with E-state index in [9.17, 15) is 4.79 Å². The fourth-order valence-corrected chi connectivity index (χ4v) is 2.30. The Morgan fingerprint density at radius 3 is 2.72 bits per heavy atom. The van der Waals surface area contributed by atoms with Crippen molar-refractivity contribution in [2.24, 2.45) is 0 Å². The highest BCUT2D eigenvalue weighted by atomic mass is 35.5. The van der Waals surface area contributed by atoms with Crippen molar-refractivity contribution < 1.29 is 14.3 Å². The van der Waals surface area contributed by atoms with Crippen LogP contribution in [0.4, 0.5) is 4.79 Å². The summed E-state index contributed by atoms with van der Waals surface area (Å²) in [6.45, 7) is 9.45. The topological polar surface area (TPSA) is 50.8 Å². The molecule has 1 spiro atoms. The third-order valence-corrected chi connectivity index (χ3v) is 3.10. The zero-order chi connectivity index (χ0) is 12.5. The van der Waals surface area contributed by atoms with Gasteiger partial charge in [0, 0.05) is 19.6 Å². The van der Waals surface area contributed by atoms with Crippen LogP contribution in [0.2, 0.25) is 0 Å². The van der Waals surface area contributed by atoms with Crippen LogP contribution in [0.1, 0.15) is 27.2 Å². The molecule has 1 atom stereocenters. The summed E-state index contributed by atoms with van der Waals surface area (Å²) in [7, 11) is 0. The van der Waals surface area contributed by atoms with E-state index >= 15 is 0 Å². The molecule has 2 saturated heterocycles. The van der Waals surface area contributed by atoms with Gasteiger partial charge in [-0.1, -0.05) is 0 Å². The average molecular weight is 279 g/mol. The molecule has 2 fully saturated rings. The molecule has 106 valence electrons. The number of amides is 1. The van der Waals surface area contributed by atoms with Crippen molar-refractivity contribution in [1.29, 1.82) is 0 Å². The zero-order valence-corrected chi connectivity index (χ0v) is 12.1. The van der Waals surface area contributed by atoms with Crippen molar-refractivity contribution in [3.63, 3.8) is 0 Å². The van der Waals surface area contributed by atoms with Gasteiger partial charge in [-0.05, 0) is 27.2 Å². The number of rotatable bonds is 0. The minimum atomic E-state index is -0.432. The van der Waals surface area contributed by atoms with Crippen LogP contribution in [0.25, 0.3) is 0 Å². The predicted octanol–water partition coefficient (Wildman–Crippen LogP) is 1.41. The number of carbonyl (C=O) groups is 1. The highest BCUT2D eigenvalue weighted by Gasteiger charge is 2.43. The fourth-order valence-electron chi connectivity index (χ4n) is 2.30. The van der Waals surface area contributed by atoms with E-state index in [4.69, 9.17) is 9.47 Å². The summed E-state index contributed by atoms with van der Waals surface area (Å²) in [6.07, 6.45) is 0.655. The lowest BCUT2D eigenvalue weighted by Gasteiger charge is -2.34. The maximum absolute atomic E-state index is 11.9. The molecule has 0 aliphatic carbocycles. The summed E-state index contributed by atoms with van der Waals surface area (Å²) in [5.41, 5.74) is -0.617. The molecule has 0 bridgehead atoms. The molecule has 2 heterocycles. The molecule has 2 rings (SSSR count). The van der Waals surface area contributed by atoms with Crippen LogP contribution in [0, 0.1) is 0 Å². The van der Waals surface area contributed by atoms with Crippen molar-refractivity contribution in [2.75, 3.05) is 32.8 Å². The SMILES string of the molecule is CC(C)(C)OC(=O)N1CCC2(CNCCO2)C1.Cl. The van der Waals surface area contributed by atoms with E-state index in [1.165, 1.54) is 0 Å². The first-order valence-electron chi connectivity index (χ1n) is 6.23. The van der Waals surface area contributed by atoms with Gasteiger partial charge in [-0.25, -0.2) is 4.79 Å². The molecule has 0 saturated carbocycles. The minimum Gasteiger partial charge on any atom is -0.444 e. The number of carbonyl (C=O) groups excluding carboxylic acids is 1. The molecule has 6 heteroatoms. The summed E-state index contributed by atoms with van der Waals surface area (Å²) < 4.78 is 11.2. The van der Waals surface area contributed by atoms with Crippen molar-refractivity contribution in [2.45, 2.75) is 38.4 Å². The zero-order valence-electron chi connectivity index (χ0n) is 11.3. The summed E-state index contributed by atoms with van der Waals surface area (Å²) >= 11 is 0. The van der Waals surface area contributed by atoms with Gasteiger partial charge >= 0.3 is 6.09 Å². The molecule has 1 N–H and O–H groups in total. The van der Waals surface area contributed by atoms with E-state index in [-0.39, 0.29) is 24.1 Å². The maximum atomic E-state index is 11.9. The van der Waals surface area contributed by atoms with Gasteiger partial charge in [-0.3, -0.25) is 0 Å². The number of nitrogens with zero attached hydrogens (tertiary/aromatic N) is 1. The van der Waals surface area contributed by atoms with Crippen LogP contribution in [0.3, 0.4) is 0 Å². The van der Waals surface area contributed by atoms with Crippen LogP contribution >= 0.6 is 12.4 Å². The van der Waals surface area contributed by atoms with E-state index < -0.39 is 5.60 Å². The van der Waals surface area contributed by atoms with Crippen LogP contribution < -0.4 is 5.32 Å². The Bertz CT molecular complexity index is 298.